The maximum Gasteiger partial charge on any atom is 0.227 e. The van der Waals surface area contributed by atoms with E-state index in [1.165, 1.54) is 0 Å². The van der Waals surface area contributed by atoms with Gasteiger partial charge in [-0.15, -0.1) is 0 Å². The second-order valence-corrected chi connectivity index (χ2v) is 6.26. The summed E-state index contributed by atoms with van der Waals surface area (Å²) in [7, 11) is 0. The molecule has 1 fully saturated rings. The highest BCUT2D eigenvalue weighted by atomic mass is 16.5. The van der Waals surface area contributed by atoms with Crippen LogP contribution in [0, 0.1) is 11.8 Å². The Bertz CT molecular complexity index is 552. The zero-order valence-corrected chi connectivity index (χ0v) is 14.9. The van der Waals surface area contributed by atoms with Gasteiger partial charge in [-0.3, -0.25) is 9.59 Å². The van der Waals surface area contributed by atoms with Crippen molar-refractivity contribution in [1.82, 2.24) is 5.32 Å². The number of nitrogens with one attached hydrogen (secondary N) is 1. The Morgan fingerprint density at radius 2 is 1.92 bits per heavy atom. The molecule has 0 aromatic heterocycles. The number of nitrogens with zero attached hydrogens (tertiary/aromatic N) is 1. The van der Waals surface area contributed by atoms with Gasteiger partial charge in [-0.1, -0.05) is 13.8 Å². The molecular formula is C19H28N2O3. The molecular weight excluding hydrogens is 304 g/mol. The lowest BCUT2D eigenvalue weighted by Gasteiger charge is -2.18. The Morgan fingerprint density at radius 1 is 1.25 bits per heavy atom. The highest BCUT2D eigenvalue weighted by molar-refractivity contribution is 5.95. The summed E-state index contributed by atoms with van der Waals surface area (Å²) in [5.74, 6) is 1.27. The van der Waals surface area contributed by atoms with E-state index < -0.39 is 0 Å². The van der Waals surface area contributed by atoms with Gasteiger partial charge in [0, 0.05) is 37.0 Å². The maximum atomic E-state index is 12.3. The molecule has 5 nitrogen and oxygen atoms in total. The predicted octanol–water partition coefficient (Wildman–Crippen LogP) is 2.99. The normalized spacial score (nSPS) is 17.4. The lowest BCUT2D eigenvalue weighted by molar-refractivity contribution is -0.125. The molecule has 24 heavy (non-hydrogen) atoms. The minimum atomic E-state index is 0.0734. The molecule has 1 aromatic carbocycles. The first-order chi connectivity index (χ1) is 11.6. The van der Waals surface area contributed by atoms with Gasteiger partial charge < -0.3 is 15.0 Å². The van der Waals surface area contributed by atoms with Crippen molar-refractivity contribution in [3.05, 3.63) is 24.3 Å². The van der Waals surface area contributed by atoms with Gasteiger partial charge in [0.25, 0.3) is 0 Å². The zero-order valence-electron chi connectivity index (χ0n) is 14.9. The molecule has 2 rings (SSSR count). The molecule has 0 spiro atoms. The highest BCUT2D eigenvalue weighted by Crippen LogP contribution is 2.26. The van der Waals surface area contributed by atoms with E-state index in [-0.39, 0.29) is 23.7 Å². The van der Waals surface area contributed by atoms with Crippen molar-refractivity contribution in [1.29, 1.82) is 0 Å². The van der Waals surface area contributed by atoms with E-state index >= 15 is 0 Å². The summed E-state index contributed by atoms with van der Waals surface area (Å²) >= 11 is 0. The summed E-state index contributed by atoms with van der Waals surface area (Å²) < 4.78 is 5.43. The van der Waals surface area contributed by atoms with Gasteiger partial charge in [0.15, 0.2) is 0 Å². The van der Waals surface area contributed by atoms with Crippen LogP contribution < -0.4 is 15.0 Å². The van der Waals surface area contributed by atoms with Crippen LogP contribution in [0.15, 0.2) is 24.3 Å². The van der Waals surface area contributed by atoms with Crippen LogP contribution in [-0.2, 0) is 9.59 Å². The van der Waals surface area contributed by atoms with Gasteiger partial charge in [-0.05, 0) is 44.0 Å². The summed E-state index contributed by atoms with van der Waals surface area (Å²) in [6.07, 6.45) is 2.19. The van der Waals surface area contributed by atoms with Crippen LogP contribution in [0.2, 0.25) is 0 Å². The molecule has 132 valence electrons. The minimum Gasteiger partial charge on any atom is -0.494 e. The Balaban J connectivity index is 1.90. The molecule has 0 radical (unpaired) electrons. The van der Waals surface area contributed by atoms with E-state index in [1.54, 1.807) is 4.90 Å². The first-order valence-corrected chi connectivity index (χ1v) is 8.89. The maximum absolute atomic E-state index is 12.3. The number of hydrogen-bond donors (Lipinski definition) is 1. The molecule has 1 aliphatic heterocycles. The summed E-state index contributed by atoms with van der Waals surface area (Å²) in [5, 5.41) is 3.01. The molecule has 1 unspecified atom stereocenters. The fourth-order valence-electron chi connectivity index (χ4n) is 3.11. The van der Waals surface area contributed by atoms with Crippen LogP contribution in [0.25, 0.3) is 0 Å². The number of benzene rings is 1. The summed E-state index contributed by atoms with van der Waals surface area (Å²) in [5.41, 5.74) is 0.886. The molecule has 5 heteroatoms. The Hall–Kier alpha value is -2.04. The first-order valence-electron chi connectivity index (χ1n) is 8.89. The van der Waals surface area contributed by atoms with Gasteiger partial charge in [0.2, 0.25) is 11.8 Å². The summed E-state index contributed by atoms with van der Waals surface area (Å²) in [6, 6.07) is 7.59. The van der Waals surface area contributed by atoms with E-state index in [2.05, 4.69) is 5.32 Å². The Morgan fingerprint density at radius 3 is 2.50 bits per heavy atom. The standard InChI is InChI=1S/C19H28N2O3/c1-4-15(5-2)19(23)20-12-14-11-18(22)21(13-14)16-7-9-17(10-8-16)24-6-3/h7-10,14-15H,4-6,11-13H2,1-3H3,(H,20,23). The second-order valence-electron chi connectivity index (χ2n) is 6.26. The van der Waals surface area contributed by atoms with Gasteiger partial charge >= 0.3 is 0 Å². The number of anilines is 1. The molecule has 1 heterocycles. The predicted molar refractivity (Wildman–Crippen MR) is 95.2 cm³/mol. The molecule has 1 atom stereocenters. The van der Waals surface area contributed by atoms with Crippen LogP contribution in [0.3, 0.4) is 0 Å². The quantitative estimate of drug-likeness (QED) is 0.796. The third-order valence-electron chi connectivity index (χ3n) is 4.59. The molecule has 2 amide bonds. The van der Waals surface area contributed by atoms with Crippen LogP contribution in [0.5, 0.6) is 5.75 Å². The van der Waals surface area contributed by atoms with Crippen molar-refractivity contribution in [3.63, 3.8) is 0 Å². The second kappa shape index (κ2) is 8.71. The number of ether oxygens (including phenoxy) is 1. The van der Waals surface area contributed by atoms with Crippen LogP contribution in [-0.4, -0.2) is 31.5 Å². The largest absolute Gasteiger partial charge is 0.494 e. The molecule has 1 aliphatic rings. The fraction of sp³-hybridized carbons (Fsp3) is 0.579. The Labute approximate surface area is 144 Å². The van der Waals surface area contributed by atoms with Crippen molar-refractivity contribution >= 4 is 17.5 Å². The molecule has 1 N–H and O–H groups in total. The van der Waals surface area contributed by atoms with E-state index in [1.807, 2.05) is 45.0 Å². The van der Waals surface area contributed by atoms with Gasteiger partial charge in [0.1, 0.15) is 5.75 Å². The summed E-state index contributed by atoms with van der Waals surface area (Å²) in [6.45, 7) is 7.84. The molecule has 0 aliphatic carbocycles. The average Bonchev–Trinajstić information content (AvgIpc) is 2.96. The SMILES string of the molecule is CCOc1ccc(N2CC(CNC(=O)C(CC)CC)CC2=O)cc1. The number of rotatable bonds is 8. The highest BCUT2D eigenvalue weighted by Gasteiger charge is 2.31. The lowest BCUT2D eigenvalue weighted by atomic mass is 10.0. The number of carbonyl (C=O) groups is 2. The van der Waals surface area contributed by atoms with E-state index in [0.29, 0.717) is 26.1 Å². The van der Waals surface area contributed by atoms with Crippen LogP contribution in [0.1, 0.15) is 40.0 Å². The average molecular weight is 332 g/mol. The lowest BCUT2D eigenvalue weighted by Crippen LogP contribution is -2.35. The molecule has 1 aromatic rings. The topological polar surface area (TPSA) is 58.6 Å². The third kappa shape index (κ3) is 4.49. The van der Waals surface area contributed by atoms with Crippen molar-refractivity contribution < 1.29 is 14.3 Å². The van der Waals surface area contributed by atoms with Crippen molar-refractivity contribution in [2.75, 3.05) is 24.6 Å². The minimum absolute atomic E-state index is 0.0734. The number of hydrogen-bond acceptors (Lipinski definition) is 3. The van der Waals surface area contributed by atoms with E-state index in [4.69, 9.17) is 4.74 Å². The zero-order chi connectivity index (χ0) is 17.5. The smallest absolute Gasteiger partial charge is 0.227 e. The molecule has 0 saturated carbocycles. The third-order valence-corrected chi connectivity index (χ3v) is 4.59. The Kier molecular flexibility index (Phi) is 6.64. The monoisotopic (exact) mass is 332 g/mol. The van der Waals surface area contributed by atoms with Crippen molar-refractivity contribution in [2.45, 2.75) is 40.0 Å². The first kappa shape index (κ1) is 18.3. The summed E-state index contributed by atoms with van der Waals surface area (Å²) in [4.78, 5) is 26.1. The van der Waals surface area contributed by atoms with E-state index in [0.717, 1.165) is 24.3 Å². The molecule has 0 bridgehead atoms. The van der Waals surface area contributed by atoms with Crippen molar-refractivity contribution in [2.24, 2.45) is 11.8 Å². The number of amides is 2. The van der Waals surface area contributed by atoms with Crippen molar-refractivity contribution in [3.8, 4) is 5.75 Å². The van der Waals surface area contributed by atoms with Crippen LogP contribution >= 0.6 is 0 Å². The number of carbonyl (C=O) groups excluding carboxylic acids is 2. The van der Waals surface area contributed by atoms with Gasteiger partial charge in [0.05, 0.1) is 6.61 Å². The molecule has 1 saturated heterocycles. The van der Waals surface area contributed by atoms with Gasteiger partial charge in [-0.2, -0.15) is 0 Å². The van der Waals surface area contributed by atoms with Gasteiger partial charge in [-0.25, -0.2) is 0 Å². The van der Waals surface area contributed by atoms with E-state index in [9.17, 15) is 9.59 Å². The van der Waals surface area contributed by atoms with Crippen LogP contribution in [0.4, 0.5) is 5.69 Å². The fourth-order valence-corrected chi connectivity index (χ4v) is 3.11.